The number of aryl methyl sites for hydroxylation is 2. The Bertz CT molecular complexity index is 1640. The molecule has 2 saturated heterocycles. The van der Waals surface area contributed by atoms with Gasteiger partial charge in [-0.3, -0.25) is 29.8 Å². The minimum Gasteiger partial charge on any atom is -0.548 e. The first kappa shape index (κ1) is 50.1. The fraction of sp³-hybridized carbons (Fsp3) is 0.609. The molecule has 2 amide bonds. The SMILES string of the molecule is CCOC(=O)[C@H](CCc1ccccc1)N[C@@H](C)C(=O)N1[C@H](C(=O)[O-])C[C@@H]2CCC[C@@H]21.CCOC(=O)[C@H](CCc1ccccc1)N[C@@H](C)C(=O)N1[C@H](C(=O)[O-])C[C@@H]2CCC[C@@H]21.[Ca+2]. The summed E-state index contributed by atoms with van der Waals surface area (Å²) in [5, 5.41) is 29.5. The maximum atomic E-state index is 13.2. The van der Waals surface area contributed by atoms with Crippen LogP contribution < -0.4 is 20.8 Å². The molecule has 4 aliphatic rings. The van der Waals surface area contributed by atoms with Crippen molar-refractivity contribution in [1.29, 1.82) is 0 Å². The van der Waals surface area contributed by atoms with E-state index in [1.54, 1.807) is 27.7 Å². The van der Waals surface area contributed by atoms with Gasteiger partial charge in [-0.25, -0.2) is 0 Å². The molecular weight excluding hydrogens is 809 g/mol. The number of carboxylic acids is 2. The second-order valence-corrected chi connectivity index (χ2v) is 16.6. The molecule has 10 atom stereocenters. The molecule has 2 heterocycles. The minimum atomic E-state index is -1.20. The molecule has 2 aliphatic heterocycles. The van der Waals surface area contributed by atoms with E-state index in [2.05, 4.69) is 10.6 Å². The van der Waals surface area contributed by atoms with E-state index in [0.717, 1.165) is 49.7 Å². The number of likely N-dealkylation sites (tertiary alicyclic amines) is 2. The second-order valence-electron chi connectivity index (χ2n) is 16.6. The number of nitrogens with zero attached hydrogens (tertiary/aromatic N) is 2. The Morgan fingerprint density at radius 2 is 0.984 bits per heavy atom. The molecule has 328 valence electrons. The van der Waals surface area contributed by atoms with Crippen molar-refractivity contribution >= 4 is 73.4 Å². The first-order valence-corrected chi connectivity index (χ1v) is 21.8. The molecule has 0 spiro atoms. The van der Waals surface area contributed by atoms with Crippen molar-refractivity contribution in [3.8, 4) is 0 Å². The van der Waals surface area contributed by atoms with Crippen molar-refractivity contribution < 1.29 is 48.5 Å². The molecule has 15 heteroatoms. The van der Waals surface area contributed by atoms with Gasteiger partial charge in [0.1, 0.15) is 12.1 Å². The summed E-state index contributed by atoms with van der Waals surface area (Å²) in [4.78, 5) is 77.7. The largest absolute Gasteiger partial charge is 2.00 e. The van der Waals surface area contributed by atoms with Gasteiger partial charge >= 0.3 is 49.7 Å². The number of benzene rings is 2. The maximum Gasteiger partial charge on any atom is 2.00 e. The summed E-state index contributed by atoms with van der Waals surface area (Å²) in [7, 11) is 0. The number of hydrogen-bond acceptors (Lipinski definition) is 12. The summed E-state index contributed by atoms with van der Waals surface area (Å²) in [5.41, 5.74) is 2.19. The molecule has 2 N–H and O–H groups in total. The number of hydrogen-bond donors (Lipinski definition) is 2. The van der Waals surface area contributed by atoms with E-state index in [0.29, 0.717) is 38.5 Å². The van der Waals surface area contributed by atoms with Crippen LogP contribution in [0.4, 0.5) is 0 Å². The minimum absolute atomic E-state index is 0. The number of amides is 2. The number of ether oxygens (including phenoxy) is 2. The Morgan fingerprint density at radius 3 is 1.31 bits per heavy atom. The molecule has 2 aliphatic carbocycles. The van der Waals surface area contributed by atoms with Crippen molar-refractivity contribution in [2.75, 3.05) is 13.2 Å². The fourth-order valence-corrected chi connectivity index (χ4v) is 9.76. The maximum absolute atomic E-state index is 13.2. The van der Waals surface area contributed by atoms with Gasteiger partial charge in [0.05, 0.1) is 49.3 Å². The monoisotopic (exact) mass is 870 g/mol. The van der Waals surface area contributed by atoms with Gasteiger partial charge < -0.3 is 39.1 Å². The summed E-state index contributed by atoms with van der Waals surface area (Å²) < 4.78 is 10.4. The van der Waals surface area contributed by atoms with Crippen LogP contribution in [0.5, 0.6) is 0 Å². The average Bonchev–Trinajstić information content (AvgIpc) is 4.04. The van der Waals surface area contributed by atoms with Crippen LogP contribution in [0.2, 0.25) is 0 Å². The summed E-state index contributed by atoms with van der Waals surface area (Å²) in [6, 6.07) is 15.1. The van der Waals surface area contributed by atoms with Gasteiger partial charge in [0.2, 0.25) is 11.8 Å². The number of rotatable bonds is 18. The van der Waals surface area contributed by atoms with Crippen LogP contribution in [-0.2, 0) is 51.1 Å². The molecule has 2 saturated carbocycles. The second kappa shape index (κ2) is 24.3. The third kappa shape index (κ3) is 13.2. The zero-order chi connectivity index (χ0) is 43.3. The zero-order valence-electron chi connectivity index (χ0n) is 36.1. The standard InChI is InChI=1S/2C23H32N2O5.Ca/c2*1-3-30-23(29)18(13-12-16-8-5-4-6-9-16)24-15(2)21(26)25-19-11-7-10-17(19)14-20(25)22(27)28;/h2*4-6,8-9,15,17-20,24H,3,7,10-14H2,1-2H3,(H,27,28);/q;;+2/p-2/t2*15-,17-,18-,19-,20-;/m00./s1. The van der Waals surface area contributed by atoms with E-state index >= 15 is 0 Å². The van der Waals surface area contributed by atoms with Gasteiger partial charge in [0.15, 0.2) is 0 Å². The van der Waals surface area contributed by atoms with Crippen LogP contribution in [0.1, 0.15) is 103 Å². The average molecular weight is 871 g/mol. The van der Waals surface area contributed by atoms with Gasteiger partial charge in [0, 0.05) is 12.1 Å². The summed E-state index contributed by atoms with van der Waals surface area (Å²) in [6.07, 6.45) is 8.75. The van der Waals surface area contributed by atoms with Crippen LogP contribution in [0.3, 0.4) is 0 Å². The molecule has 0 aromatic heterocycles. The molecule has 6 rings (SSSR count). The number of nitrogens with one attached hydrogen (secondary N) is 2. The molecule has 61 heavy (non-hydrogen) atoms. The Morgan fingerprint density at radius 1 is 0.623 bits per heavy atom. The summed E-state index contributed by atoms with van der Waals surface area (Å²) in [6.45, 7) is 7.38. The van der Waals surface area contributed by atoms with E-state index < -0.39 is 60.1 Å². The normalized spacial score (nSPS) is 24.5. The van der Waals surface area contributed by atoms with Gasteiger partial charge in [-0.05, 0) is 115 Å². The van der Waals surface area contributed by atoms with Gasteiger partial charge in [-0.1, -0.05) is 73.5 Å². The van der Waals surface area contributed by atoms with Crippen LogP contribution in [0.25, 0.3) is 0 Å². The van der Waals surface area contributed by atoms with Crippen molar-refractivity contribution in [2.24, 2.45) is 11.8 Å². The Kier molecular flexibility index (Phi) is 20.0. The molecular formula is C46H62CaN4O10. The number of aliphatic carboxylic acids is 2. The molecule has 4 fully saturated rings. The first-order chi connectivity index (χ1) is 28.8. The van der Waals surface area contributed by atoms with Crippen molar-refractivity contribution in [3.05, 3.63) is 71.8 Å². The van der Waals surface area contributed by atoms with Gasteiger partial charge in [-0.2, -0.15) is 0 Å². The Balaban J connectivity index is 0.000000264. The molecule has 2 aromatic carbocycles. The van der Waals surface area contributed by atoms with Crippen LogP contribution in [-0.4, -0.2) is 145 Å². The van der Waals surface area contributed by atoms with E-state index in [1.807, 2.05) is 60.7 Å². The summed E-state index contributed by atoms with van der Waals surface area (Å²) >= 11 is 0. The summed E-state index contributed by atoms with van der Waals surface area (Å²) in [5.74, 6) is -3.31. The van der Waals surface area contributed by atoms with Crippen LogP contribution in [0.15, 0.2) is 60.7 Å². The van der Waals surface area contributed by atoms with Crippen molar-refractivity contribution in [1.82, 2.24) is 20.4 Å². The topological polar surface area (TPSA) is 198 Å². The number of carbonyl (C=O) groups excluding carboxylic acids is 6. The Labute approximate surface area is 389 Å². The molecule has 0 radical (unpaired) electrons. The molecule has 0 unspecified atom stereocenters. The third-order valence-electron chi connectivity index (χ3n) is 12.6. The number of fused-ring (bicyclic) bond motifs is 2. The Hall–Kier alpha value is -3.56. The predicted molar refractivity (Wildman–Crippen MR) is 224 cm³/mol. The zero-order valence-corrected chi connectivity index (χ0v) is 38.3. The number of carbonyl (C=O) groups is 6. The number of carboxylic acid groups (broad SMARTS) is 2. The predicted octanol–water partition coefficient (Wildman–Crippen LogP) is 1.72. The van der Waals surface area contributed by atoms with E-state index in [-0.39, 0.29) is 86.7 Å². The molecule has 2 aromatic rings. The fourth-order valence-electron chi connectivity index (χ4n) is 9.76. The quantitative estimate of drug-likeness (QED) is 0.163. The smallest absolute Gasteiger partial charge is 0.548 e. The van der Waals surface area contributed by atoms with Crippen molar-refractivity contribution in [2.45, 2.75) is 153 Å². The van der Waals surface area contributed by atoms with Crippen LogP contribution >= 0.6 is 0 Å². The third-order valence-corrected chi connectivity index (χ3v) is 12.6. The molecule has 14 nitrogen and oxygen atoms in total. The van der Waals surface area contributed by atoms with E-state index in [4.69, 9.17) is 9.47 Å². The van der Waals surface area contributed by atoms with Gasteiger partial charge in [-0.15, -0.1) is 0 Å². The molecule has 0 bridgehead atoms. The first-order valence-electron chi connectivity index (χ1n) is 21.8. The van der Waals surface area contributed by atoms with E-state index in [1.165, 1.54) is 9.80 Å². The number of esters is 2. The van der Waals surface area contributed by atoms with Gasteiger partial charge in [0.25, 0.3) is 0 Å². The van der Waals surface area contributed by atoms with Crippen LogP contribution in [0, 0.1) is 11.8 Å². The van der Waals surface area contributed by atoms with E-state index in [9.17, 15) is 39.0 Å². The van der Waals surface area contributed by atoms with Crippen molar-refractivity contribution in [3.63, 3.8) is 0 Å².